The average molecular weight is 333 g/mol. The number of rotatable bonds is 6. The molecule has 0 aliphatic carbocycles. The van der Waals surface area contributed by atoms with Gasteiger partial charge < -0.3 is 4.90 Å². The Morgan fingerprint density at radius 2 is 1.56 bits per heavy atom. The number of carbonyl (C=O) groups excluding carboxylic acids is 1. The largest absolute Gasteiger partial charge is 0.328 e. The zero-order valence-corrected chi connectivity index (χ0v) is 14.3. The smallest absolute Gasteiger partial charge is 0.282 e. The van der Waals surface area contributed by atoms with Crippen molar-refractivity contribution in [2.75, 3.05) is 5.75 Å². The Hall–Kier alpha value is 0.430. The first kappa shape index (κ1) is 18.4. The summed E-state index contributed by atoms with van der Waals surface area (Å²) in [4.78, 5) is 14.1. The zero-order valence-electron chi connectivity index (χ0n) is 11.2. The SMILES string of the molecule is CCC(C)N(C(=O)SCC(Cl)=C(Cl)Cl)C(C)CC. The van der Waals surface area contributed by atoms with E-state index in [1.54, 1.807) is 0 Å². The van der Waals surface area contributed by atoms with Crippen LogP contribution in [-0.2, 0) is 0 Å². The van der Waals surface area contributed by atoms with Gasteiger partial charge in [-0.3, -0.25) is 4.79 Å². The third kappa shape index (κ3) is 6.05. The fraction of sp³-hybridized carbons (Fsp3) is 0.750. The summed E-state index contributed by atoms with van der Waals surface area (Å²) in [5.74, 6) is 0.312. The molecule has 0 bridgehead atoms. The summed E-state index contributed by atoms with van der Waals surface area (Å²) in [5.41, 5.74) is 0. The third-order valence-electron chi connectivity index (χ3n) is 2.87. The van der Waals surface area contributed by atoms with E-state index >= 15 is 0 Å². The van der Waals surface area contributed by atoms with Gasteiger partial charge in [0.25, 0.3) is 5.24 Å². The Kier molecular flexibility index (Phi) is 9.58. The fourth-order valence-corrected chi connectivity index (χ4v) is 2.80. The molecule has 2 atom stereocenters. The molecule has 6 heteroatoms. The lowest BCUT2D eigenvalue weighted by Crippen LogP contribution is -2.42. The van der Waals surface area contributed by atoms with Crippen molar-refractivity contribution in [3.63, 3.8) is 0 Å². The van der Waals surface area contributed by atoms with Gasteiger partial charge in [-0.1, -0.05) is 60.4 Å². The molecule has 0 aromatic heterocycles. The van der Waals surface area contributed by atoms with Crippen molar-refractivity contribution in [2.24, 2.45) is 0 Å². The summed E-state index contributed by atoms with van der Waals surface area (Å²) in [7, 11) is 0. The van der Waals surface area contributed by atoms with Crippen LogP contribution in [0.25, 0.3) is 0 Å². The third-order valence-corrected chi connectivity index (χ3v) is 4.89. The molecule has 0 saturated carbocycles. The van der Waals surface area contributed by atoms with Crippen LogP contribution in [0.3, 0.4) is 0 Å². The number of halogens is 3. The second-order valence-corrected chi connectivity index (χ2v) is 6.47. The number of nitrogens with zero attached hydrogens (tertiary/aromatic N) is 1. The molecule has 18 heavy (non-hydrogen) atoms. The summed E-state index contributed by atoms with van der Waals surface area (Å²) < 4.78 is 0.0237. The summed E-state index contributed by atoms with van der Waals surface area (Å²) in [6.45, 7) is 8.24. The molecule has 0 spiro atoms. The lowest BCUT2D eigenvalue weighted by atomic mass is 10.1. The van der Waals surface area contributed by atoms with E-state index in [1.807, 2.05) is 4.90 Å². The van der Waals surface area contributed by atoms with E-state index in [4.69, 9.17) is 34.8 Å². The van der Waals surface area contributed by atoms with Crippen molar-refractivity contribution in [3.05, 3.63) is 9.52 Å². The Morgan fingerprint density at radius 3 is 1.89 bits per heavy atom. The quantitative estimate of drug-likeness (QED) is 0.628. The maximum atomic E-state index is 12.2. The predicted molar refractivity (Wildman–Crippen MR) is 83.8 cm³/mol. The van der Waals surface area contributed by atoms with Crippen molar-refractivity contribution < 1.29 is 4.79 Å². The molecule has 0 aliphatic rings. The Bertz CT molecular complexity index is 296. The highest BCUT2D eigenvalue weighted by atomic mass is 35.5. The van der Waals surface area contributed by atoms with Crippen LogP contribution in [0.5, 0.6) is 0 Å². The highest BCUT2D eigenvalue weighted by Gasteiger charge is 2.24. The molecule has 0 aliphatic heterocycles. The van der Waals surface area contributed by atoms with E-state index < -0.39 is 0 Å². The van der Waals surface area contributed by atoms with E-state index in [2.05, 4.69) is 27.7 Å². The zero-order chi connectivity index (χ0) is 14.3. The van der Waals surface area contributed by atoms with Gasteiger partial charge in [-0.25, -0.2) is 0 Å². The van der Waals surface area contributed by atoms with Gasteiger partial charge in [0, 0.05) is 17.8 Å². The molecule has 0 saturated heterocycles. The van der Waals surface area contributed by atoms with Crippen LogP contribution in [0.15, 0.2) is 9.52 Å². The number of amides is 1. The van der Waals surface area contributed by atoms with E-state index in [1.165, 1.54) is 0 Å². The summed E-state index contributed by atoms with van der Waals surface area (Å²) in [6, 6.07) is 0.434. The van der Waals surface area contributed by atoms with Gasteiger partial charge in [-0.15, -0.1) is 0 Å². The van der Waals surface area contributed by atoms with Gasteiger partial charge in [-0.05, 0) is 26.7 Å². The van der Waals surface area contributed by atoms with Gasteiger partial charge in [0.15, 0.2) is 0 Å². The predicted octanol–water partition coefficient (Wildman–Crippen LogP) is 5.62. The number of thioether (sulfide) groups is 1. The van der Waals surface area contributed by atoms with Gasteiger partial charge in [0.05, 0.1) is 5.03 Å². The van der Waals surface area contributed by atoms with E-state index in [0.717, 1.165) is 24.6 Å². The molecule has 106 valence electrons. The lowest BCUT2D eigenvalue weighted by molar-refractivity contribution is 0.173. The first-order valence-corrected chi connectivity index (χ1v) is 8.11. The summed E-state index contributed by atoms with van der Waals surface area (Å²) in [6.07, 6.45) is 1.85. The molecule has 0 N–H and O–H groups in total. The molecule has 0 heterocycles. The van der Waals surface area contributed by atoms with Gasteiger partial charge in [0.1, 0.15) is 4.49 Å². The molecule has 1 amide bonds. The summed E-state index contributed by atoms with van der Waals surface area (Å²) >= 11 is 18.0. The Morgan fingerprint density at radius 1 is 1.11 bits per heavy atom. The second kappa shape index (κ2) is 9.35. The molecule has 0 rings (SSSR count). The average Bonchev–Trinajstić information content (AvgIpc) is 2.35. The molecule has 2 nitrogen and oxygen atoms in total. The fourth-order valence-electron chi connectivity index (χ4n) is 1.44. The molecular formula is C12H20Cl3NOS. The molecule has 0 fully saturated rings. The maximum Gasteiger partial charge on any atom is 0.282 e. The maximum absolute atomic E-state index is 12.2. The van der Waals surface area contributed by atoms with Crippen LogP contribution in [0.1, 0.15) is 40.5 Å². The van der Waals surface area contributed by atoms with Crippen LogP contribution in [0.2, 0.25) is 0 Å². The van der Waals surface area contributed by atoms with Crippen LogP contribution < -0.4 is 0 Å². The van der Waals surface area contributed by atoms with Crippen LogP contribution >= 0.6 is 46.6 Å². The monoisotopic (exact) mass is 331 g/mol. The van der Waals surface area contributed by atoms with Crippen molar-refractivity contribution in [3.8, 4) is 0 Å². The molecule has 0 aromatic carbocycles. The Balaban J connectivity index is 4.63. The highest BCUT2D eigenvalue weighted by molar-refractivity contribution is 8.13. The molecular weight excluding hydrogens is 313 g/mol. The first-order chi connectivity index (χ1) is 8.34. The standard InChI is InChI=1S/C12H20Cl3NOS/c1-5-8(3)16(9(4)6-2)12(17)18-7-10(13)11(14)15/h8-9H,5-7H2,1-4H3. The van der Waals surface area contributed by atoms with Gasteiger partial charge in [-0.2, -0.15) is 0 Å². The van der Waals surface area contributed by atoms with Crippen molar-refractivity contribution >= 4 is 51.8 Å². The minimum atomic E-state index is 0.0198. The number of hydrogen-bond acceptors (Lipinski definition) is 2. The van der Waals surface area contributed by atoms with Crippen molar-refractivity contribution in [1.82, 2.24) is 4.90 Å². The molecule has 2 unspecified atom stereocenters. The van der Waals surface area contributed by atoms with Gasteiger partial charge in [0.2, 0.25) is 0 Å². The topological polar surface area (TPSA) is 20.3 Å². The van der Waals surface area contributed by atoms with Crippen LogP contribution in [-0.4, -0.2) is 28.0 Å². The molecule has 0 radical (unpaired) electrons. The normalized spacial score (nSPS) is 13.9. The molecule has 0 aromatic rings. The van der Waals surface area contributed by atoms with Crippen LogP contribution in [0.4, 0.5) is 4.79 Å². The first-order valence-electron chi connectivity index (χ1n) is 5.99. The second-order valence-electron chi connectivity index (χ2n) is 4.14. The highest BCUT2D eigenvalue weighted by Crippen LogP contribution is 2.25. The number of hydrogen-bond donors (Lipinski definition) is 0. The van der Waals surface area contributed by atoms with Gasteiger partial charge >= 0.3 is 0 Å². The van der Waals surface area contributed by atoms with E-state index in [-0.39, 0.29) is 21.8 Å². The minimum absolute atomic E-state index is 0.0198. The van der Waals surface area contributed by atoms with Crippen LogP contribution in [0, 0.1) is 0 Å². The summed E-state index contributed by atoms with van der Waals surface area (Å²) in [5, 5.41) is 0.330. The van der Waals surface area contributed by atoms with Crippen molar-refractivity contribution in [1.29, 1.82) is 0 Å². The number of carbonyl (C=O) groups is 1. The van der Waals surface area contributed by atoms with E-state index in [9.17, 15) is 4.79 Å². The Labute approximate surface area is 129 Å². The van der Waals surface area contributed by atoms with Crippen molar-refractivity contribution in [2.45, 2.75) is 52.6 Å². The lowest BCUT2D eigenvalue weighted by Gasteiger charge is -2.33. The van der Waals surface area contributed by atoms with E-state index in [0.29, 0.717) is 10.8 Å². The minimum Gasteiger partial charge on any atom is -0.328 e.